The molecule has 5 heteroatoms. The molecular weight excluding hydrogens is 282 g/mol. The maximum Gasteiger partial charge on any atom is 0.251 e. The van der Waals surface area contributed by atoms with E-state index in [1.165, 1.54) is 11.8 Å². The van der Waals surface area contributed by atoms with Gasteiger partial charge >= 0.3 is 0 Å². The summed E-state index contributed by atoms with van der Waals surface area (Å²) in [6, 6.07) is 8.36. The molecule has 0 saturated carbocycles. The number of H-pyrrole nitrogens is 1. The summed E-state index contributed by atoms with van der Waals surface area (Å²) in [6.45, 7) is 1.69. The van der Waals surface area contributed by atoms with Crippen LogP contribution in [0.25, 0.3) is 0 Å². The number of benzene rings is 1. The van der Waals surface area contributed by atoms with E-state index in [1.807, 2.05) is 6.26 Å². The summed E-state index contributed by atoms with van der Waals surface area (Å²) in [5.74, 6) is -0.244. The number of ketones is 1. The number of carbonyl (C=O) groups is 1. The standard InChI is InChI=1S/C14H12ClNO2S/c1-8-3-5-11(16-14(8)18)13(17)9-4-6-12(19-2)10(15)7-9/h3-7H,1-2H3,(H,16,18). The summed E-state index contributed by atoms with van der Waals surface area (Å²) < 4.78 is 0. The highest BCUT2D eigenvalue weighted by Gasteiger charge is 2.12. The Labute approximate surface area is 120 Å². The molecule has 1 N–H and O–H groups in total. The molecule has 3 nitrogen and oxygen atoms in total. The number of pyridine rings is 1. The fraction of sp³-hybridized carbons (Fsp3) is 0.143. The Morgan fingerprint density at radius 3 is 2.58 bits per heavy atom. The molecule has 0 saturated heterocycles. The zero-order valence-corrected chi connectivity index (χ0v) is 12.1. The van der Waals surface area contributed by atoms with Crippen molar-refractivity contribution in [2.45, 2.75) is 11.8 Å². The minimum Gasteiger partial charge on any atom is -0.319 e. The second kappa shape index (κ2) is 5.63. The van der Waals surface area contributed by atoms with Crippen molar-refractivity contribution < 1.29 is 4.79 Å². The fourth-order valence-electron chi connectivity index (χ4n) is 1.64. The third-order valence-corrected chi connectivity index (χ3v) is 3.99. The van der Waals surface area contributed by atoms with E-state index in [2.05, 4.69) is 4.98 Å². The Kier molecular flexibility index (Phi) is 4.12. The van der Waals surface area contributed by atoms with Crippen LogP contribution in [-0.4, -0.2) is 17.0 Å². The molecule has 0 amide bonds. The first-order valence-electron chi connectivity index (χ1n) is 5.61. The molecule has 0 aliphatic rings. The fourth-order valence-corrected chi connectivity index (χ4v) is 2.51. The number of nitrogens with one attached hydrogen (secondary N) is 1. The minimum absolute atomic E-state index is 0.244. The molecule has 0 radical (unpaired) electrons. The van der Waals surface area contributed by atoms with E-state index in [4.69, 9.17) is 11.6 Å². The summed E-state index contributed by atoms with van der Waals surface area (Å²) in [6.07, 6.45) is 1.92. The second-order valence-corrected chi connectivity index (χ2v) is 5.32. The molecule has 2 aromatic rings. The number of aromatic amines is 1. The first-order chi connectivity index (χ1) is 9.02. The maximum absolute atomic E-state index is 12.2. The van der Waals surface area contributed by atoms with Crippen LogP contribution < -0.4 is 5.56 Å². The molecular formula is C14H12ClNO2S. The molecule has 1 heterocycles. The van der Waals surface area contributed by atoms with Crippen LogP contribution >= 0.6 is 23.4 Å². The number of halogens is 1. The Morgan fingerprint density at radius 1 is 1.26 bits per heavy atom. The Hall–Kier alpha value is -1.52. The quantitative estimate of drug-likeness (QED) is 0.698. The van der Waals surface area contributed by atoms with Crippen molar-refractivity contribution in [1.82, 2.24) is 4.98 Å². The Balaban J connectivity index is 2.41. The molecule has 0 fully saturated rings. The average molecular weight is 294 g/mol. The van der Waals surface area contributed by atoms with E-state index in [1.54, 1.807) is 37.3 Å². The smallest absolute Gasteiger partial charge is 0.251 e. The van der Waals surface area contributed by atoms with Crippen molar-refractivity contribution in [2.75, 3.05) is 6.26 Å². The molecule has 1 aromatic carbocycles. The van der Waals surface area contributed by atoms with Crippen LogP contribution in [0.15, 0.2) is 40.0 Å². The lowest BCUT2D eigenvalue weighted by Gasteiger charge is -2.05. The highest BCUT2D eigenvalue weighted by atomic mass is 35.5. The zero-order valence-electron chi connectivity index (χ0n) is 10.5. The molecule has 0 aliphatic carbocycles. The van der Waals surface area contributed by atoms with Crippen LogP contribution in [0.3, 0.4) is 0 Å². The number of aryl methyl sites for hydroxylation is 1. The largest absolute Gasteiger partial charge is 0.319 e. The number of carbonyl (C=O) groups excluding carboxylic acids is 1. The van der Waals surface area contributed by atoms with Crippen LogP contribution in [0.5, 0.6) is 0 Å². The van der Waals surface area contributed by atoms with Crippen molar-refractivity contribution in [2.24, 2.45) is 0 Å². The van der Waals surface area contributed by atoms with Gasteiger partial charge in [0.2, 0.25) is 5.78 Å². The summed E-state index contributed by atoms with van der Waals surface area (Å²) in [7, 11) is 0. The van der Waals surface area contributed by atoms with E-state index in [9.17, 15) is 9.59 Å². The van der Waals surface area contributed by atoms with Gasteiger partial charge in [-0.1, -0.05) is 17.7 Å². The van der Waals surface area contributed by atoms with Gasteiger partial charge in [0, 0.05) is 16.0 Å². The van der Waals surface area contributed by atoms with Crippen LogP contribution in [0.2, 0.25) is 5.02 Å². The molecule has 19 heavy (non-hydrogen) atoms. The molecule has 0 bridgehead atoms. The lowest BCUT2D eigenvalue weighted by molar-refractivity contribution is 0.103. The van der Waals surface area contributed by atoms with Gasteiger partial charge in [-0.05, 0) is 37.4 Å². The zero-order chi connectivity index (χ0) is 14.0. The van der Waals surface area contributed by atoms with Gasteiger partial charge in [0.1, 0.15) is 0 Å². The molecule has 1 aromatic heterocycles. The van der Waals surface area contributed by atoms with E-state index in [0.29, 0.717) is 16.1 Å². The molecule has 98 valence electrons. The second-order valence-electron chi connectivity index (χ2n) is 4.06. The molecule has 0 aliphatic heterocycles. The van der Waals surface area contributed by atoms with Crippen molar-refractivity contribution in [3.8, 4) is 0 Å². The van der Waals surface area contributed by atoms with Crippen LogP contribution in [0.4, 0.5) is 0 Å². The SMILES string of the molecule is CSc1ccc(C(=O)c2ccc(C)c(=O)[nH]2)cc1Cl. The molecule has 2 rings (SSSR count). The van der Waals surface area contributed by atoms with Gasteiger partial charge in [0.25, 0.3) is 5.56 Å². The highest BCUT2D eigenvalue weighted by molar-refractivity contribution is 7.98. The predicted molar refractivity (Wildman–Crippen MR) is 78.5 cm³/mol. The molecule has 0 spiro atoms. The van der Waals surface area contributed by atoms with Crippen molar-refractivity contribution >= 4 is 29.1 Å². The number of hydrogen-bond donors (Lipinski definition) is 1. The third-order valence-electron chi connectivity index (χ3n) is 2.76. The topological polar surface area (TPSA) is 49.9 Å². The summed E-state index contributed by atoms with van der Waals surface area (Å²) in [5.41, 5.74) is 1.05. The van der Waals surface area contributed by atoms with Crippen molar-refractivity contribution in [3.05, 3.63) is 62.5 Å². The van der Waals surface area contributed by atoms with Crippen LogP contribution in [0.1, 0.15) is 21.6 Å². The molecule has 0 atom stereocenters. The van der Waals surface area contributed by atoms with Crippen molar-refractivity contribution in [3.63, 3.8) is 0 Å². The highest BCUT2D eigenvalue weighted by Crippen LogP contribution is 2.26. The monoisotopic (exact) mass is 293 g/mol. The minimum atomic E-state index is -0.252. The molecule has 0 unspecified atom stereocenters. The van der Waals surface area contributed by atoms with Gasteiger partial charge in [0.05, 0.1) is 10.7 Å². The van der Waals surface area contributed by atoms with E-state index in [-0.39, 0.29) is 17.0 Å². The Morgan fingerprint density at radius 2 is 2.00 bits per heavy atom. The van der Waals surface area contributed by atoms with E-state index < -0.39 is 0 Å². The first kappa shape index (κ1) is 13.9. The van der Waals surface area contributed by atoms with Gasteiger partial charge in [0.15, 0.2) is 0 Å². The number of rotatable bonds is 3. The lowest BCUT2D eigenvalue weighted by atomic mass is 10.1. The predicted octanol–water partition coefficient (Wildman–Crippen LogP) is 3.29. The summed E-state index contributed by atoms with van der Waals surface area (Å²) >= 11 is 7.59. The lowest BCUT2D eigenvalue weighted by Crippen LogP contribution is -2.15. The number of aromatic nitrogens is 1. The number of hydrogen-bond acceptors (Lipinski definition) is 3. The summed E-state index contributed by atoms with van der Waals surface area (Å²) in [5, 5.41) is 0.535. The van der Waals surface area contributed by atoms with Gasteiger partial charge in [-0.15, -0.1) is 11.8 Å². The van der Waals surface area contributed by atoms with Gasteiger partial charge in [-0.2, -0.15) is 0 Å². The van der Waals surface area contributed by atoms with E-state index >= 15 is 0 Å². The Bertz CT molecular complexity index is 694. The van der Waals surface area contributed by atoms with Crippen LogP contribution in [0, 0.1) is 6.92 Å². The van der Waals surface area contributed by atoms with Crippen LogP contribution in [-0.2, 0) is 0 Å². The normalized spacial score (nSPS) is 10.5. The number of thioether (sulfide) groups is 1. The third kappa shape index (κ3) is 2.91. The van der Waals surface area contributed by atoms with Gasteiger partial charge < -0.3 is 4.98 Å². The summed E-state index contributed by atoms with van der Waals surface area (Å²) in [4.78, 5) is 27.2. The van der Waals surface area contributed by atoms with Crippen molar-refractivity contribution in [1.29, 1.82) is 0 Å². The average Bonchev–Trinajstić information content (AvgIpc) is 2.41. The van der Waals surface area contributed by atoms with E-state index in [0.717, 1.165) is 4.90 Å². The van der Waals surface area contributed by atoms with Gasteiger partial charge in [-0.3, -0.25) is 9.59 Å². The first-order valence-corrected chi connectivity index (χ1v) is 7.21. The maximum atomic E-state index is 12.2. The van der Waals surface area contributed by atoms with Gasteiger partial charge in [-0.25, -0.2) is 0 Å².